The molecule has 1 aromatic heterocycles. The van der Waals surface area contributed by atoms with Crippen molar-refractivity contribution in [2.24, 2.45) is 0 Å². The SMILES string of the molecule is O=C(Nc1ccc(C(=O)NC2(C(=O)O)CCC2)nc1)OCC1c2ccccc2-c2ccccc21. The molecular formula is C26H23N3O5. The molecule has 2 aromatic carbocycles. The van der Waals surface area contributed by atoms with E-state index >= 15 is 0 Å². The monoisotopic (exact) mass is 457 g/mol. The molecule has 0 spiro atoms. The van der Waals surface area contributed by atoms with Crippen LogP contribution in [0.1, 0.15) is 46.8 Å². The van der Waals surface area contributed by atoms with Gasteiger partial charge in [0.05, 0.1) is 11.9 Å². The zero-order valence-corrected chi connectivity index (χ0v) is 18.3. The number of pyridine rings is 1. The Bertz CT molecular complexity index is 1220. The van der Waals surface area contributed by atoms with Crippen LogP contribution in [0.2, 0.25) is 0 Å². The molecule has 8 heteroatoms. The van der Waals surface area contributed by atoms with Gasteiger partial charge in [-0.05, 0) is 53.6 Å². The summed E-state index contributed by atoms with van der Waals surface area (Å²) in [5.74, 6) is -1.65. The van der Waals surface area contributed by atoms with E-state index in [1.165, 1.54) is 18.3 Å². The van der Waals surface area contributed by atoms with Crippen LogP contribution >= 0.6 is 0 Å². The van der Waals surface area contributed by atoms with Crippen molar-refractivity contribution in [3.8, 4) is 11.1 Å². The average Bonchev–Trinajstić information content (AvgIpc) is 3.14. The van der Waals surface area contributed by atoms with Crippen LogP contribution in [0.5, 0.6) is 0 Å². The van der Waals surface area contributed by atoms with Gasteiger partial charge in [0.1, 0.15) is 17.8 Å². The second-order valence-electron chi connectivity index (χ2n) is 8.58. The minimum atomic E-state index is -1.21. The highest BCUT2D eigenvalue weighted by Gasteiger charge is 2.45. The Balaban J connectivity index is 1.20. The van der Waals surface area contributed by atoms with Gasteiger partial charge in [-0.3, -0.25) is 10.1 Å². The summed E-state index contributed by atoms with van der Waals surface area (Å²) in [4.78, 5) is 40.3. The number of carbonyl (C=O) groups excluding carboxylic acids is 2. The molecule has 8 nitrogen and oxygen atoms in total. The van der Waals surface area contributed by atoms with E-state index in [-0.39, 0.29) is 18.2 Å². The van der Waals surface area contributed by atoms with Crippen LogP contribution in [-0.2, 0) is 9.53 Å². The predicted octanol–water partition coefficient (Wildman–Crippen LogP) is 4.18. The van der Waals surface area contributed by atoms with Crippen LogP contribution in [0.4, 0.5) is 10.5 Å². The number of aromatic nitrogens is 1. The predicted molar refractivity (Wildman–Crippen MR) is 125 cm³/mol. The minimum Gasteiger partial charge on any atom is -0.480 e. The average molecular weight is 457 g/mol. The quantitative estimate of drug-likeness (QED) is 0.511. The number of aliphatic carboxylic acids is 1. The van der Waals surface area contributed by atoms with E-state index in [2.05, 4.69) is 27.8 Å². The summed E-state index contributed by atoms with van der Waals surface area (Å²) in [7, 11) is 0. The van der Waals surface area contributed by atoms with Crippen molar-refractivity contribution >= 4 is 23.7 Å². The Morgan fingerprint density at radius 2 is 1.62 bits per heavy atom. The molecule has 0 radical (unpaired) electrons. The molecule has 2 aliphatic rings. The smallest absolute Gasteiger partial charge is 0.411 e. The Morgan fingerprint density at radius 1 is 0.971 bits per heavy atom. The molecule has 0 atom stereocenters. The zero-order chi connectivity index (χ0) is 23.7. The number of hydrogen-bond donors (Lipinski definition) is 3. The lowest BCUT2D eigenvalue weighted by Crippen LogP contribution is -2.59. The van der Waals surface area contributed by atoms with Crippen molar-refractivity contribution in [1.82, 2.24) is 10.3 Å². The number of carbonyl (C=O) groups is 3. The fourth-order valence-corrected chi connectivity index (χ4v) is 4.56. The first-order valence-electron chi connectivity index (χ1n) is 11.1. The Labute approximate surface area is 196 Å². The molecule has 5 rings (SSSR count). The van der Waals surface area contributed by atoms with Gasteiger partial charge in [0.2, 0.25) is 0 Å². The lowest BCUT2D eigenvalue weighted by atomic mass is 9.76. The van der Waals surface area contributed by atoms with Crippen molar-refractivity contribution < 1.29 is 24.2 Å². The number of amides is 2. The summed E-state index contributed by atoms with van der Waals surface area (Å²) in [6.07, 6.45) is 2.26. The van der Waals surface area contributed by atoms with Gasteiger partial charge in [-0.25, -0.2) is 14.6 Å². The molecule has 1 heterocycles. The second-order valence-corrected chi connectivity index (χ2v) is 8.58. The van der Waals surface area contributed by atoms with Gasteiger partial charge in [0, 0.05) is 5.92 Å². The van der Waals surface area contributed by atoms with Gasteiger partial charge in [-0.15, -0.1) is 0 Å². The van der Waals surface area contributed by atoms with E-state index in [1.54, 1.807) is 0 Å². The van der Waals surface area contributed by atoms with Gasteiger partial charge in [0.15, 0.2) is 0 Å². The molecule has 1 saturated carbocycles. The van der Waals surface area contributed by atoms with E-state index < -0.39 is 23.5 Å². The Hall–Kier alpha value is -4.20. The zero-order valence-electron chi connectivity index (χ0n) is 18.3. The highest BCUT2D eigenvalue weighted by atomic mass is 16.5. The topological polar surface area (TPSA) is 118 Å². The molecule has 0 unspecified atom stereocenters. The van der Waals surface area contributed by atoms with Gasteiger partial charge >= 0.3 is 12.1 Å². The number of anilines is 1. The van der Waals surface area contributed by atoms with Crippen molar-refractivity contribution in [3.05, 3.63) is 83.7 Å². The molecule has 0 saturated heterocycles. The standard InChI is InChI=1S/C26H23N3O5/c30-23(29-26(24(31)32)12-5-13-26)22-11-10-16(14-27-22)28-25(33)34-15-21-19-8-3-1-6-17(19)18-7-2-4-9-20(18)21/h1-4,6-11,14,21H,5,12-13,15H2,(H,28,33)(H,29,30)(H,31,32). The van der Waals surface area contributed by atoms with Crippen LogP contribution in [-0.4, -0.2) is 40.2 Å². The van der Waals surface area contributed by atoms with E-state index in [1.807, 2.05) is 36.4 Å². The normalized spacial score (nSPS) is 15.4. The maximum atomic E-state index is 12.4. The molecular weight excluding hydrogens is 434 g/mol. The van der Waals surface area contributed by atoms with Gasteiger partial charge in [-0.1, -0.05) is 48.5 Å². The first-order chi connectivity index (χ1) is 16.5. The molecule has 1 fully saturated rings. The molecule has 172 valence electrons. The molecule has 34 heavy (non-hydrogen) atoms. The fourth-order valence-electron chi connectivity index (χ4n) is 4.56. The third-order valence-electron chi connectivity index (χ3n) is 6.56. The number of carboxylic acid groups (broad SMARTS) is 1. The van der Waals surface area contributed by atoms with E-state index in [9.17, 15) is 19.5 Å². The summed E-state index contributed by atoms with van der Waals surface area (Å²) < 4.78 is 5.51. The summed E-state index contributed by atoms with van der Waals surface area (Å²) in [5, 5.41) is 14.5. The van der Waals surface area contributed by atoms with Crippen molar-refractivity contribution in [2.45, 2.75) is 30.7 Å². The van der Waals surface area contributed by atoms with Gasteiger partial charge < -0.3 is 15.2 Å². The maximum Gasteiger partial charge on any atom is 0.411 e. The third-order valence-corrected chi connectivity index (χ3v) is 6.56. The van der Waals surface area contributed by atoms with E-state index in [0.29, 0.717) is 18.5 Å². The number of hydrogen-bond acceptors (Lipinski definition) is 5. The fraction of sp³-hybridized carbons (Fsp3) is 0.231. The van der Waals surface area contributed by atoms with Crippen LogP contribution in [0.25, 0.3) is 11.1 Å². The first kappa shape index (κ1) is 21.6. The first-order valence-corrected chi connectivity index (χ1v) is 11.1. The highest BCUT2D eigenvalue weighted by molar-refractivity contribution is 5.97. The third kappa shape index (κ3) is 3.87. The lowest BCUT2D eigenvalue weighted by molar-refractivity contribution is -0.148. The summed E-state index contributed by atoms with van der Waals surface area (Å²) in [5.41, 5.74) is 3.78. The number of carboxylic acids is 1. The van der Waals surface area contributed by atoms with E-state index in [0.717, 1.165) is 28.7 Å². The van der Waals surface area contributed by atoms with Crippen LogP contribution in [0, 0.1) is 0 Å². The maximum absolute atomic E-state index is 12.4. The van der Waals surface area contributed by atoms with Crippen molar-refractivity contribution in [3.63, 3.8) is 0 Å². The summed E-state index contributed by atoms with van der Waals surface area (Å²) in [6.45, 7) is 0.186. The van der Waals surface area contributed by atoms with Gasteiger partial charge in [-0.2, -0.15) is 0 Å². The Morgan fingerprint density at radius 3 is 2.15 bits per heavy atom. The summed E-state index contributed by atoms with van der Waals surface area (Å²) in [6, 6.07) is 19.1. The van der Waals surface area contributed by atoms with Crippen LogP contribution < -0.4 is 10.6 Å². The van der Waals surface area contributed by atoms with E-state index in [4.69, 9.17) is 4.74 Å². The van der Waals surface area contributed by atoms with Crippen molar-refractivity contribution in [2.75, 3.05) is 11.9 Å². The molecule has 0 aliphatic heterocycles. The summed E-state index contributed by atoms with van der Waals surface area (Å²) >= 11 is 0. The molecule has 3 aromatic rings. The van der Waals surface area contributed by atoms with Crippen LogP contribution in [0.3, 0.4) is 0 Å². The molecule has 2 amide bonds. The molecule has 0 bridgehead atoms. The highest BCUT2D eigenvalue weighted by Crippen LogP contribution is 2.44. The lowest BCUT2D eigenvalue weighted by Gasteiger charge is -2.38. The molecule has 2 aliphatic carbocycles. The number of benzene rings is 2. The van der Waals surface area contributed by atoms with Gasteiger partial charge in [0.25, 0.3) is 5.91 Å². The Kier molecular flexibility index (Phi) is 5.49. The largest absolute Gasteiger partial charge is 0.480 e. The second kappa shape index (κ2) is 8.62. The number of fused-ring (bicyclic) bond motifs is 3. The minimum absolute atomic E-state index is 0.0459. The number of nitrogens with one attached hydrogen (secondary N) is 2. The number of nitrogens with zero attached hydrogens (tertiary/aromatic N) is 1. The molecule has 3 N–H and O–H groups in total. The van der Waals surface area contributed by atoms with Crippen LogP contribution in [0.15, 0.2) is 66.9 Å². The number of rotatable bonds is 6. The number of ether oxygens (including phenoxy) is 1. The van der Waals surface area contributed by atoms with Crippen molar-refractivity contribution in [1.29, 1.82) is 0 Å².